The van der Waals surface area contributed by atoms with Gasteiger partial charge in [-0.2, -0.15) is 0 Å². The third-order valence-corrected chi connectivity index (χ3v) is 6.66. The molecule has 3 rings (SSSR count). The second-order valence-electron chi connectivity index (χ2n) is 8.97. The van der Waals surface area contributed by atoms with Crippen LogP contribution in [0.2, 0.25) is 0 Å². The van der Waals surface area contributed by atoms with Crippen molar-refractivity contribution in [1.82, 2.24) is 21.3 Å². The van der Waals surface area contributed by atoms with Crippen LogP contribution in [0.5, 0.6) is 0 Å². The van der Waals surface area contributed by atoms with Crippen LogP contribution in [0, 0.1) is 10.8 Å². The van der Waals surface area contributed by atoms with Crippen molar-refractivity contribution >= 4 is 35.7 Å². The molecule has 0 aromatic heterocycles. The molecule has 8 amide bonds. The Labute approximate surface area is 197 Å². The van der Waals surface area contributed by atoms with E-state index in [4.69, 9.17) is 0 Å². The molecule has 2 fully saturated rings. The maximum absolute atomic E-state index is 12.9. The number of benzene rings is 1. The van der Waals surface area contributed by atoms with E-state index in [0.29, 0.717) is 24.0 Å². The molecule has 0 aliphatic carbocycles. The Kier molecular flexibility index (Phi) is 7.48. The van der Waals surface area contributed by atoms with Crippen LogP contribution in [0.3, 0.4) is 0 Å². The van der Waals surface area contributed by atoms with Crippen molar-refractivity contribution in [3.05, 3.63) is 35.4 Å². The van der Waals surface area contributed by atoms with Crippen molar-refractivity contribution in [3.63, 3.8) is 0 Å². The Morgan fingerprint density at radius 3 is 1.21 bits per heavy atom. The van der Waals surface area contributed by atoms with Gasteiger partial charge in [0.15, 0.2) is 0 Å². The highest BCUT2D eigenvalue weighted by Crippen LogP contribution is 2.37. The lowest BCUT2D eigenvalue weighted by molar-refractivity contribution is -0.147. The van der Waals surface area contributed by atoms with Crippen molar-refractivity contribution in [2.75, 3.05) is 0 Å². The van der Waals surface area contributed by atoms with Crippen molar-refractivity contribution in [2.24, 2.45) is 10.8 Å². The first-order chi connectivity index (χ1) is 16.2. The van der Waals surface area contributed by atoms with Gasteiger partial charge in [-0.05, 0) is 36.8 Å². The first-order valence-corrected chi connectivity index (χ1v) is 11.6. The molecule has 2 aliphatic rings. The molecule has 0 unspecified atom stereocenters. The Morgan fingerprint density at radius 2 is 0.912 bits per heavy atom. The summed E-state index contributed by atoms with van der Waals surface area (Å²) >= 11 is 0. The molecule has 0 spiro atoms. The predicted molar refractivity (Wildman–Crippen MR) is 121 cm³/mol. The molecule has 10 nitrogen and oxygen atoms in total. The van der Waals surface area contributed by atoms with Gasteiger partial charge in [0.25, 0.3) is 0 Å². The van der Waals surface area contributed by atoms with Gasteiger partial charge in [-0.15, -0.1) is 0 Å². The standard InChI is InChI=1S/C24H30N4O6/c1-3-5-11-23(17(29)25-21(33)26-18(23)30)13-15-9-7-8-10-16(15)14-24(12-6-4-2)19(31)27-22(34)28-20(24)32/h7-10H,3-6,11-14H2,1-2H3,(H2,25,26,29,30,33)(H2,27,28,31,32,34). The average Bonchev–Trinajstić information content (AvgIpc) is 2.78. The van der Waals surface area contributed by atoms with E-state index < -0.39 is 46.5 Å². The summed E-state index contributed by atoms with van der Waals surface area (Å²) in [5.41, 5.74) is -1.76. The molecule has 0 atom stereocenters. The van der Waals surface area contributed by atoms with Crippen LogP contribution in [0.25, 0.3) is 0 Å². The van der Waals surface area contributed by atoms with Crippen molar-refractivity contribution in [1.29, 1.82) is 0 Å². The zero-order chi connectivity index (χ0) is 24.9. The average molecular weight is 471 g/mol. The summed E-state index contributed by atoms with van der Waals surface area (Å²) in [5.74, 6) is -2.65. The zero-order valence-electron chi connectivity index (χ0n) is 19.4. The highest BCUT2D eigenvalue weighted by Gasteiger charge is 2.52. The number of urea groups is 2. The van der Waals surface area contributed by atoms with Crippen molar-refractivity contribution in [3.8, 4) is 0 Å². The molecule has 4 N–H and O–H groups in total. The minimum atomic E-state index is -1.50. The van der Waals surface area contributed by atoms with Crippen molar-refractivity contribution in [2.45, 2.75) is 65.2 Å². The summed E-state index contributed by atoms with van der Waals surface area (Å²) < 4.78 is 0. The summed E-state index contributed by atoms with van der Waals surface area (Å²) in [5, 5.41) is 8.84. The Hall–Kier alpha value is -3.56. The fourth-order valence-corrected chi connectivity index (χ4v) is 4.62. The number of carbonyl (C=O) groups excluding carboxylic acids is 6. The number of barbiturate groups is 2. The minimum Gasteiger partial charge on any atom is -0.277 e. The van der Waals surface area contributed by atoms with E-state index in [2.05, 4.69) is 21.3 Å². The molecule has 10 heteroatoms. The van der Waals surface area contributed by atoms with E-state index in [-0.39, 0.29) is 25.7 Å². The highest BCUT2D eigenvalue weighted by molar-refractivity contribution is 6.20. The molecule has 1 aromatic carbocycles. The second-order valence-corrected chi connectivity index (χ2v) is 8.97. The van der Waals surface area contributed by atoms with E-state index in [1.807, 2.05) is 13.8 Å². The Morgan fingerprint density at radius 1 is 0.588 bits per heavy atom. The van der Waals surface area contributed by atoms with Crippen LogP contribution in [0.1, 0.15) is 63.5 Å². The molecule has 0 radical (unpaired) electrons. The van der Waals surface area contributed by atoms with Gasteiger partial charge in [-0.1, -0.05) is 63.8 Å². The van der Waals surface area contributed by atoms with Gasteiger partial charge in [0.1, 0.15) is 10.8 Å². The highest BCUT2D eigenvalue weighted by atomic mass is 16.2. The lowest BCUT2D eigenvalue weighted by atomic mass is 9.70. The smallest absolute Gasteiger partial charge is 0.277 e. The normalized spacial score (nSPS) is 19.2. The van der Waals surface area contributed by atoms with E-state index in [0.717, 1.165) is 12.8 Å². The van der Waals surface area contributed by atoms with Crippen LogP contribution < -0.4 is 21.3 Å². The molecular weight excluding hydrogens is 440 g/mol. The van der Waals surface area contributed by atoms with Crippen LogP contribution in [0.15, 0.2) is 24.3 Å². The number of amides is 8. The van der Waals surface area contributed by atoms with Crippen LogP contribution in [0.4, 0.5) is 9.59 Å². The maximum atomic E-state index is 12.9. The van der Waals surface area contributed by atoms with Gasteiger partial charge in [0.05, 0.1) is 0 Å². The van der Waals surface area contributed by atoms with E-state index in [1.165, 1.54) is 0 Å². The van der Waals surface area contributed by atoms with E-state index in [9.17, 15) is 28.8 Å². The monoisotopic (exact) mass is 470 g/mol. The number of rotatable bonds is 10. The fraction of sp³-hybridized carbons (Fsp3) is 0.500. The topological polar surface area (TPSA) is 151 Å². The summed E-state index contributed by atoms with van der Waals surface area (Å²) in [6, 6.07) is 5.29. The van der Waals surface area contributed by atoms with Gasteiger partial charge >= 0.3 is 12.1 Å². The summed E-state index contributed by atoms with van der Waals surface area (Å²) in [4.78, 5) is 75.1. The van der Waals surface area contributed by atoms with Gasteiger partial charge in [-0.25, -0.2) is 9.59 Å². The van der Waals surface area contributed by atoms with Gasteiger partial charge in [0, 0.05) is 0 Å². The van der Waals surface area contributed by atoms with Gasteiger partial charge in [-0.3, -0.25) is 40.4 Å². The third-order valence-electron chi connectivity index (χ3n) is 6.66. The van der Waals surface area contributed by atoms with Crippen molar-refractivity contribution < 1.29 is 28.8 Å². The molecule has 2 aliphatic heterocycles. The third kappa shape index (κ3) is 4.71. The molecule has 2 heterocycles. The number of carbonyl (C=O) groups is 6. The molecule has 0 saturated carbocycles. The molecule has 2 saturated heterocycles. The predicted octanol–water partition coefficient (Wildman–Crippen LogP) is 1.86. The van der Waals surface area contributed by atoms with Crippen LogP contribution in [-0.4, -0.2) is 35.7 Å². The SMILES string of the molecule is CCCCC1(Cc2ccccc2CC2(CCCC)C(=O)NC(=O)NC2=O)C(=O)NC(=O)NC1=O. The van der Waals surface area contributed by atoms with Crippen LogP contribution in [-0.2, 0) is 32.0 Å². The van der Waals surface area contributed by atoms with E-state index >= 15 is 0 Å². The molecule has 1 aromatic rings. The fourth-order valence-electron chi connectivity index (χ4n) is 4.62. The summed E-state index contributed by atoms with van der Waals surface area (Å²) in [6.07, 6.45) is 3.13. The number of hydrogen-bond acceptors (Lipinski definition) is 6. The number of unbranched alkanes of at least 4 members (excludes halogenated alkanes) is 2. The molecular formula is C24H30N4O6. The number of hydrogen-bond donors (Lipinski definition) is 4. The first kappa shape index (κ1) is 25.1. The van der Waals surface area contributed by atoms with E-state index in [1.54, 1.807) is 24.3 Å². The summed E-state index contributed by atoms with van der Waals surface area (Å²) in [6.45, 7) is 3.87. The quantitative estimate of drug-likeness (QED) is 0.383. The second kappa shape index (κ2) is 10.1. The number of nitrogens with one attached hydrogen (secondary N) is 4. The van der Waals surface area contributed by atoms with Crippen LogP contribution >= 0.6 is 0 Å². The van der Waals surface area contributed by atoms with Gasteiger partial charge < -0.3 is 0 Å². The Balaban J connectivity index is 2.01. The minimum absolute atomic E-state index is 0.000145. The molecule has 34 heavy (non-hydrogen) atoms. The zero-order valence-corrected chi connectivity index (χ0v) is 19.4. The molecule has 182 valence electrons. The maximum Gasteiger partial charge on any atom is 0.328 e. The Bertz CT molecular complexity index is 913. The first-order valence-electron chi connectivity index (χ1n) is 11.6. The molecule has 0 bridgehead atoms. The van der Waals surface area contributed by atoms with Gasteiger partial charge in [0.2, 0.25) is 23.6 Å². The number of imide groups is 4. The summed E-state index contributed by atoms with van der Waals surface area (Å²) in [7, 11) is 0. The lowest BCUT2D eigenvalue weighted by Gasteiger charge is -2.36. The lowest BCUT2D eigenvalue weighted by Crippen LogP contribution is -2.63. The largest absolute Gasteiger partial charge is 0.328 e.